The zero-order valence-electron chi connectivity index (χ0n) is 19.4. The molecule has 9 heteroatoms. The van der Waals surface area contributed by atoms with Gasteiger partial charge in [0.2, 0.25) is 0 Å². The predicted molar refractivity (Wildman–Crippen MR) is 130 cm³/mol. The van der Waals surface area contributed by atoms with Crippen molar-refractivity contribution in [1.82, 2.24) is 14.9 Å². The van der Waals surface area contributed by atoms with Gasteiger partial charge in [0, 0.05) is 24.9 Å². The van der Waals surface area contributed by atoms with Gasteiger partial charge in [0.15, 0.2) is 5.78 Å². The molecule has 1 aromatic carbocycles. The predicted octanol–water partition coefficient (Wildman–Crippen LogP) is 4.59. The highest BCUT2D eigenvalue weighted by Crippen LogP contribution is 2.26. The van der Waals surface area contributed by atoms with Crippen molar-refractivity contribution in [2.24, 2.45) is 0 Å². The van der Waals surface area contributed by atoms with Crippen LogP contribution in [0.2, 0.25) is 0 Å². The molecule has 4 rings (SSSR count). The molecule has 0 spiro atoms. The monoisotopic (exact) mass is 488 g/mol. The molecule has 0 aliphatic carbocycles. The average molecular weight is 488 g/mol. The van der Waals surface area contributed by atoms with E-state index in [0.29, 0.717) is 24.1 Å². The molecule has 1 aliphatic rings. The van der Waals surface area contributed by atoms with Crippen molar-refractivity contribution in [2.45, 2.75) is 13.3 Å². The number of Topliss-reactive ketones (excluding diaryl/α,β-unsaturated/α-hetero) is 1. The first-order valence-electron chi connectivity index (χ1n) is 11.1. The van der Waals surface area contributed by atoms with Gasteiger partial charge in [-0.1, -0.05) is 24.8 Å². The number of ketones is 1. The van der Waals surface area contributed by atoms with Gasteiger partial charge in [-0.3, -0.25) is 19.4 Å². The number of carbonyl (C=O) groups excluding carboxylic acids is 3. The second-order valence-corrected chi connectivity index (χ2v) is 8.12. The Bertz CT molecular complexity index is 1400. The quantitative estimate of drug-likeness (QED) is 0.548. The molecule has 0 unspecified atom stereocenters. The number of halogens is 2. The third kappa shape index (κ3) is 4.95. The van der Waals surface area contributed by atoms with E-state index in [9.17, 15) is 23.2 Å². The Labute approximate surface area is 206 Å². The molecule has 182 valence electrons. The van der Waals surface area contributed by atoms with Gasteiger partial charge in [0.05, 0.1) is 28.7 Å². The van der Waals surface area contributed by atoms with Gasteiger partial charge in [0.25, 0.3) is 11.8 Å². The molecule has 1 N–H and O–H groups in total. The van der Waals surface area contributed by atoms with Crippen LogP contribution in [0.25, 0.3) is 11.3 Å². The highest BCUT2D eigenvalue weighted by Gasteiger charge is 2.26. The van der Waals surface area contributed by atoms with Crippen molar-refractivity contribution in [3.8, 4) is 11.3 Å². The number of hydrogen-bond donors (Lipinski definition) is 1. The van der Waals surface area contributed by atoms with Crippen molar-refractivity contribution in [3.05, 3.63) is 102 Å². The van der Waals surface area contributed by atoms with E-state index in [1.165, 1.54) is 49.6 Å². The van der Waals surface area contributed by atoms with Gasteiger partial charge in [-0.25, -0.2) is 13.8 Å². The fraction of sp³-hybridized carbons (Fsp3) is 0.148. The van der Waals surface area contributed by atoms with Crippen LogP contribution in [0.1, 0.15) is 34.2 Å². The molecule has 2 aromatic heterocycles. The summed E-state index contributed by atoms with van der Waals surface area (Å²) < 4.78 is 28.4. The smallest absolute Gasteiger partial charge is 0.274 e. The molecule has 1 aliphatic heterocycles. The highest BCUT2D eigenvalue weighted by molar-refractivity contribution is 6.08. The Morgan fingerprint density at radius 2 is 1.81 bits per heavy atom. The van der Waals surface area contributed by atoms with Crippen LogP contribution in [0.5, 0.6) is 0 Å². The molecular weight excluding hydrogens is 466 g/mol. The number of hydrogen-bond acceptors (Lipinski definition) is 5. The second-order valence-electron chi connectivity index (χ2n) is 8.12. The van der Waals surface area contributed by atoms with Crippen LogP contribution in [0.3, 0.4) is 0 Å². The van der Waals surface area contributed by atoms with Crippen molar-refractivity contribution in [1.29, 1.82) is 0 Å². The molecule has 0 saturated heterocycles. The lowest BCUT2D eigenvalue weighted by Gasteiger charge is -2.29. The summed E-state index contributed by atoms with van der Waals surface area (Å²) in [6, 6.07) is 9.18. The zero-order chi connectivity index (χ0) is 25.8. The molecular formula is C27H22F2N4O3. The fourth-order valence-electron chi connectivity index (χ4n) is 4.03. The van der Waals surface area contributed by atoms with Gasteiger partial charge in [-0.05, 0) is 49.2 Å². The first-order valence-corrected chi connectivity index (χ1v) is 11.1. The first-order chi connectivity index (χ1) is 17.3. The van der Waals surface area contributed by atoms with Crippen LogP contribution in [-0.4, -0.2) is 45.6 Å². The number of nitrogens with zero attached hydrogens (tertiary/aromatic N) is 3. The van der Waals surface area contributed by atoms with Gasteiger partial charge in [0.1, 0.15) is 17.3 Å². The standard InChI is InChI=1S/C27H22F2N4O3/c1-3-17-15-33(13-11-18(17)16(2)34)27(36)19-10-12-30-14-24(19)32-26(35)23-9-5-8-22(31-23)25-20(28)6-4-7-21(25)29/h3-10,12,14H,1,11,13,15H2,2H3,(H,32,35). The topological polar surface area (TPSA) is 92.3 Å². The molecule has 0 fully saturated rings. The maximum absolute atomic E-state index is 14.2. The number of carbonyl (C=O) groups is 3. The maximum atomic E-state index is 14.2. The average Bonchev–Trinajstić information content (AvgIpc) is 2.88. The van der Waals surface area contributed by atoms with Crippen LogP contribution in [0.15, 0.2) is 78.7 Å². The Morgan fingerprint density at radius 1 is 1.08 bits per heavy atom. The lowest BCUT2D eigenvalue weighted by Crippen LogP contribution is -2.38. The van der Waals surface area contributed by atoms with E-state index in [1.54, 1.807) is 11.0 Å². The third-order valence-corrected chi connectivity index (χ3v) is 5.84. The Kier molecular flexibility index (Phi) is 7.10. The SMILES string of the molecule is C=CC1=C(C(C)=O)CCN(C(=O)c2ccncc2NC(=O)c2cccc(-c3c(F)cccc3F)n2)C1. The summed E-state index contributed by atoms with van der Waals surface area (Å²) in [5.41, 5.74) is 1.20. The second kappa shape index (κ2) is 10.4. The summed E-state index contributed by atoms with van der Waals surface area (Å²) in [4.78, 5) is 47.8. The van der Waals surface area contributed by atoms with Gasteiger partial charge >= 0.3 is 0 Å². The van der Waals surface area contributed by atoms with Crippen molar-refractivity contribution in [2.75, 3.05) is 18.4 Å². The Hall–Kier alpha value is -4.53. The van der Waals surface area contributed by atoms with E-state index in [0.717, 1.165) is 12.1 Å². The molecule has 7 nitrogen and oxygen atoms in total. The third-order valence-electron chi connectivity index (χ3n) is 5.84. The molecule has 3 heterocycles. The largest absolute Gasteiger partial charge is 0.334 e. The van der Waals surface area contributed by atoms with Gasteiger partial charge in [-0.15, -0.1) is 0 Å². The summed E-state index contributed by atoms with van der Waals surface area (Å²) in [7, 11) is 0. The lowest BCUT2D eigenvalue weighted by atomic mass is 9.96. The van der Waals surface area contributed by atoms with E-state index < -0.39 is 17.5 Å². The van der Waals surface area contributed by atoms with E-state index in [1.807, 2.05) is 0 Å². The van der Waals surface area contributed by atoms with Crippen LogP contribution in [-0.2, 0) is 4.79 Å². The number of anilines is 1. The number of benzene rings is 1. The molecule has 0 bridgehead atoms. The Balaban J connectivity index is 1.58. The molecule has 0 atom stereocenters. The van der Waals surface area contributed by atoms with Crippen LogP contribution in [0.4, 0.5) is 14.5 Å². The van der Waals surface area contributed by atoms with Crippen LogP contribution < -0.4 is 5.32 Å². The summed E-state index contributed by atoms with van der Waals surface area (Å²) >= 11 is 0. The number of amides is 2. The van der Waals surface area contributed by atoms with Crippen LogP contribution >= 0.6 is 0 Å². The van der Waals surface area contributed by atoms with E-state index in [2.05, 4.69) is 21.9 Å². The number of pyridine rings is 2. The summed E-state index contributed by atoms with van der Waals surface area (Å²) in [6.45, 7) is 5.77. The fourth-order valence-corrected chi connectivity index (χ4v) is 4.03. The Morgan fingerprint density at radius 3 is 2.50 bits per heavy atom. The number of nitrogens with one attached hydrogen (secondary N) is 1. The van der Waals surface area contributed by atoms with Gasteiger partial charge in [-0.2, -0.15) is 0 Å². The summed E-state index contributed by atoms with van der Waals surface area (Å²) in [5, 5.41) is 2.62. The molecule has 0 saturated carbocycles. The highest BCUT2D eigenvalue weighted by atomic mass is 19.1. The van der Waals surface area contributed by atoms with Crippen molar-refractivity contribution in [3.63, 3.8) is 0 Å². The van der Waals surface area contributed by atoms with Crippen molar-refractivity contribution < 1.29 is 23.2 Å². The van der Waals surface area contributed by atoms with E-state index >= 15 is 0 Å². The minimum absolute atomic E-state index is 0.0425. The van der Waals surface area contributed by atoms with E-state index in [-0.39, 0.29) is 46.4 Å². The summed E-state index contributed by atoms with van der Waals surface area (Å²) in [5.74, 6) is -2.70. The normalized spacial score (nSPS) is 13.4. The maximum Gasteiger partial charge on any atom is 0.274 e. The minimum Gasteiger partial charge on any atom is -0.334 e. The lowest BCUT2D eigenvalue weighted by molar-refractivity contribution is -0.113. The summed E-state index contributed by atoms with van der Waals surface area (Å²) in [6.07, 6.45) is 4.74. The number of aromatic nitrogens is 2. The number of rotatable bonds is 6. The molecule has 36 heavy (non-hydrogen) atoms. The van der Waals surface area contributed by atoms with E-state index in [4.69, 9.17) is 0 Å². The van der Waals surface area contributed by atoms with Gasteiger partial charge < -0.3 is 10.2 Å². The van der Waals surface area contributed by atoms with Crippen molar-refractivity contribution >= 4 is 23.3 Å². The zero-order valence-corrected chi connectivity index (χ0v) is 19.4. The first kappa shape index (κ1) is 24.6. The van der Waals surface area contributed by atoms with Crippen LogP contribution in [0, 0.1) is 11.6 Å². The molecule has 3 aromatic rings. The minimum atomic E-state index is -0.803. The molecule has 2 amide bonds. The molecule has 0 radical (unpaired) electrons.